The van der Waals surface area contributed by atoms with E-state index >= 15 is 0 Å². The molecule has 0 unspecified atom stereocenters. The van der Waals surface area contributed by atoms with Gasteiger partial charge in [-0.25, -0.2) is 0 Å². The van der Waals surface area contributed by atoms with Crippen LogP contribution in [0.15, 0.2) is 64.8 Å². The number of benzene rings is 2. The van der Waals surface area contributed by atoms with Crippen molar-refractivity contribution in [2.75, 3.05) is 0 Å². The number of rotatable bonds is 5. The first kappa shape index (κ1) is 14.7. The van der Waals surface area contributed by atoms with Crippen LogP contribution >= 0.6 is 0 Å². The minimum Gasteiger partial charge on any atom is -0.476 e. The van der Waals surface area contributed by atoms with Crippen LogP contribution in [0.3, 0.4) is 0 Å². The molecule has 21 heavy (non-hydrogen) atoms. The van der Waals surface area contributed by atoms with Crippen LogP contribution in [0, 0.1) is 0 Å². The van der Waals surface area contributed by atoms with Crippen molar-refractivity contribution in [3.63, 3.8) is 0 Å². The molecule has 0 heterocycles. The molecule has 108 valence electrons. The van der Waals surface area contributed by atoms with Gasteiger partial charge in [-0.15, -0.1) is 5.11 Å². The van der Waals surface area contributed by atoms with Gasteiger partial charge in [0, 0.05) is 0 Å². The lowest BCUT2D eigenvalue weighted by Gasteiger charge is -2.23. The molecule has 0 atom stereocenters. The third-order valence-corrected chi connectivity index (χ3v) is 2.85. The molecule has 5 nitrogen and oxygen atoms in total. The number of carbonyl (C=O) groups excluding carboxylic acids is 1. The number of carbonyl (C=O) groups is 1. The van der Waals surface area contributed by atoms with Crippen molar-refractivity contribution in [3.05, 3.63) is 54.6 Å². The Morgan fingerprint density at radius 2 is 1.62 bits per heavy atom. The van der Waals surface area contributed by atoms with E-state index < -0.39 is 11.5 Å². The first-order valence-electron chi connectivity index (χ1n) is 6.54. The number of azo groups is 1. The fourth-order valence-electron chi connectivity index (χ4n) is 1.56. The molecule has 5 heteroatoms. The summed E-state index contributed by atoms with van der Waals surface area (Å²) in [5.74, 6) is -0.0849. The normalized spacial score (nSPS) is 11.5. The number of ether oxygens (including phenoxy) is 1. The van der Waals surface area contributed by atoms with Gasteiger partial charge in [0.2, 0.25) is 0 Å². The van der Waals surface area contributed by atoms with Crippen LogP contribution in [0.4, 0.5) is 11.4 Å². The van der Waals surface area contributed by atoms with E-state index in [9.17, 15) is 4.79 Å². The highest BCUT2D eigenvalue weighted by Gasteiger charge is 2.27. The number of primary amides is 1. The molecule has 0 radical (unpaired) electrons. The lowest BCUT2D eigenvalue weighted by Crippen LogP contribution is -2.43. The second kappa shape index (κ2) is 6.17. The summed E-state index contributed by atoms with van der Waals surface area (Å²) in [6, 6.07) is 16.5. The number of nitrogens with zero attached hydrogens (tertiary/aromatic N) is 2. The van der Waals surface area contributed by atoms with Gasteiger partial charge in [0.1, 0.15) is 11.4 Å². The van der Waals surface area contributed by atoms with Gasteiger partial charge >= 0.3 is 0 Å². The van der Waals surface area contributed by atoms with Gasteiger partial charge in [0.25, 0.3) is 5.91 Å². The van der Waals surface area contributed by atoms with E-state index in [0.29, 0.717) is 11.4 Å². The summed E-state index contributed by atoms with van der Waals surface area (Å²) in [4.78, 5) is 11.4. The average molecular weight is 283 g/mol. The zero-order chi connectivity index (χ0) is 15.3. The van der Waals surface area contributed by atoms with Gasteiger partial charge in [-0.1, -0.05) is 30.3 Å². The number of para-hydroxylation sites is 1. The van der Waals surface area contributed by atoms with Gasteiger partial charge in [-0.3, -0.25) is 4.79 Å². The van der Waals surface area contributed by atoms with Crippen molar-refractivity contribution in [1.82, 2.24) is 0 Å². The Balaban J connectivity index is 2.25. The van der Waals surface area contributed by atoms with Crippen LogP contribution in [0.5, 0.6) is 5.75 Å². The largest absolute Gasteiger partial charge is 0.476 e. The van der Waals surface area contributed by atoms with Gasteiger partial charge in [0.15, 0.2) is 5.60 Å². The monoisotopic (exact) mass is 283 g/mol. The van der Waals surface area contributed by atoms with E-state index in [0.717, 1.165) is 5.69 Å². The smallest absolute Gasteiger partial charge is 0.261 e. The van der Waals surface area contributed by atoms with E-state index in [4.69, 9.17) is 10.5 Å². The summed E-state index contributed by atoms with van der Waals surface area (Å²) >= 11 is 0. The second-order valence-electron chi connectivity index (χ2n) is 4.98. The van der Waals surface area contributed by atoms with Crippen molar-refractivity contribution in [1.29, 1.82) is 0 Å². The molecule has 2 aromatic rings. The van der Waals surface area contributed by atoms with Crippen molar-refractivity contribution in [3.8, 4) is 5.75 Å². The third-order valence-electron chi connectivity index (χ3n) is 2.85. The van der Waals surface area contributed by atoms with Crippen molar-refractivity contribution < 1.29 is 9.53 Å². The van der Waals surface area contributed by atoms with Crippen LogP contribution < -0.4 is 10.5 Å². The van der Waals surface area contributed by atoms with E-state index in [-0.39, 0.29) is 0 Å². The lowest BCUT2D eigenvalue weighted by atomic mass is 10.1. The third kappa shape index (κ3) is 3.89. The Hall–Kier alpha value is -2.69. The molecule has 2 rings (SSSR count). The zero-order valence-corrected chi connectivity index (χ0v) is 12.0. The Kier molecular flexibility index (Phi) is 4.33. The minimum absolute atomic E-state index is 0.459. The maximum Gasteiger partial charge on any atom is 0.261 e. The molecular weight excluding hydrogens is 266 g/mol. The Bertz CT molecular complexity index is 652. The minimum atomic E-state index is -1.11. The fourth-order valence-corrected chi connectivity index (χ4v) is 1.56. The van der Waals surface area contributed by atoms with Gasteiger partial charge in [-0.05, 0) is 38.1 Å². The van der Waals surface area contributed by atoms with E-state index in [1.807, 2.05) is 36.4 Å². The predicted octanol–water partition coefficient (Wildman–Crippen LogP) is 3.74. The molecule has 0 aliphatic carbocycles. The summed E-state index contributed by atoms with van der Waals surface area (Å²) in [6.45, 7) is 3.22. The van der Waals surface area contributed by atoms with Gasteiger partial charge in [-0.2, -0.15) is 5.11 Å². The highest BCUT2D eigenvalue weighted by molar-refractivity contribution is 5.83. The van der Waals surface area contributed by atoms with Gasteiger partial charge in [0.05, 0.1) is 5.69 Å². The molecule has 1 amide bonds. The Morgan fingerprint density at radius 1 is 1.00 bits per heavy atom. The van der Waals surface area contributed by atoms with Crippen LogP contribution in [0.2, 0.25) is 0 Å². The second-order valence-corrected chi connectivity index (χ2v) is 4.98. The molecule has 0 bridgehead atoms. The Morgan fingerprint density at radius 3 is 2.29 bits per heavy atom. The predicted molar refractivity (Wildman–Crippen MR) is 81.0 cm³/mol. The summed E-state index contributed by atoms with van der Waals surface area (Å²) in [5, 5.41) is 8.31. The fraction of sp³-hybridized carbons (Fsp3) is 0.188. The average Bonchev–Trinajstić information content (AvgIpc) is 2.47. The first-order valence-corrected chi connectivity index (χ1v) is 6.54. The summed E-state index contributed by atoms with van der Waals surface area (Å²) in [7, 11) is 0. The molecule has 0 spiro atoms. The SMILES string of the molecule is CC(C)(Oc1ccccc1N=Nc1ccccc1)C(N)=O. The first-order chi connectivity index (χ1) is 9.99. The lowest BCUT2D eigenvalue weighted by molar-refractivity contribution is -0.130. The van der Waals surface area contributed by atoms with E-state index in [1.54, 1.807) is 32.0 Å². The van der Waals surface area contributed by atoms with Crippen LogP contribution in [0.1, 0.15) is 13.8 Å². The molecule has 0 fully saturated rings. The molecule has 0 saturated heterocycles. The number of amides is 1. The van der Waals surface area contributed by atoms with E-state index in [2.05, 4.69) is 10.2 Å². The maximum atomic E-state index is 11.4. The topological polar surface area (TPSA) is 77.0 Å². The van der Waals surface area contributed by atoms with Crippen LogP contribution in [0.25, 0.3) is 0 Å². The number of nitrogens with two attached hydrogens (primary N) is 1. The molecule has 0 aliphatic heterocycles. The molecule has 2 aromatic carbocycles. The summed E-state index contributed by atoms with van der Waals surface area (Å²) in [6.07, 6.45) is 0. The van der Waals surface area contributed by atoms with Crippen molar-refractivity contribution >= 4 is 17.3 Å². The standard InChI is InChI=1S/C16H17N3O2/c1-16(2,15(17)20)21-14-11-7-6-10-13(14)19-18-12-8-4-3-5-9-12/h3-11H,1-2H3,(H2,17,20). The summed E-state index contributed by atoms with van der Waals surface area (Å²) in [5.41, 5.74) is 5.48. The highest BCUT2D eigenvalue weighted by atomic mass is 16.5. The molecule has 0 aromatic heterocycles. The molecule has 0 saturated carbocycles. The van der Waals surface area contributed by atoms with Crippen LogP contribution in [-0.4, -0.2) is 11.5 Å². The Labute approximate surface area is 123 Å². The van der Waals surface area contributed by atoms with Crippen LogP contribution in [-0.2, 0) is 4.79 Å². The number of hydrogen-bond acceptors (Lipinski definition) is 4. The van der Waals surface area contributed by atoms with E-state index in [1.165, 1.54) is 0 Å². The van der Waals surface area contributed by atoms with Crippen molar-refractivity contribution in [2.24, 2.45) is 16.0 Å². The van der Waals surface area contributed by atoms with Gasteiger partial charge < -0.3 is 10.5 Å². The highest BCUT2D eigenvalue weighted by Crippen LogP contribution is 2.31. The molecular formula is C16H17N3O2. The summed E-state index contributed by atoms with van der Waals surface area (Å²) < 4.78 is 5.65. The quantitative estimate of drug-likeness (QED) is 0.848. The molecule has 2 N–H and O–H groups in total. The van der Waals surface area contributed by atoms with Crippen molar-refractivity contribution in [2.45, 2.75) is 19.4 Å². The maximum absolute atomic E-state index is 11.4. The molecule has 0 aliphatic rings. The zero-order valence-electron chi connectivity index (χ0n) is 12.0. The number of hydrogen-bond donors (Lipinski definition) is 1.